The van der Waals surface area contributed by atoms with E-state index < -0.39 is 17.7 Å². The molecule has 1 unspecified atom stereocenters. The number of benzene rings is 1. The highest BCUT2D eigenvalue weighted by molar-refractivity contribution is 5.83. The molecule has 0 radical (unpaired) electrons. The van der Waals surface area contributed by atoms with Crippen molar-refractivity contribution in [3.8, 4) is 0 Å². The molecule has 3 atom stereocenters. The third kappa shape index (κ3) is 9.55. The SMILES string of the molecule is CCCCC(=O)N(C[C@H](CCCC1CCCC[C@@H]1Cc1ccccc1)C(=O)NO)NC(=O)Cn1cncn1. The van der Waals surface area contributed by atoms with Gasteiger partial charge < -0.3 is 0 Å². The van der Waals surface area contributed by atoms with Gasteiger partial charge in [-0.1, -0.05) is 75.8 Å². The highest BCUT2D eigenvalue weighted by Gasteiger charge is 2.28. The molecule has 3 rings (SSSR count). The Balaban J connectivity index is 1.60. The minimum Gasteiger partial charge on any atom is -0.289 e. The molecule has 10 heteroatoms. The van der Waals surface area contributed by atoms with Crippen molar-refractivity contribution in [2.75, 3.05) is 6.54 Å². The molecule has 1 fully saturated rings. The zero-order valence-electron chi connectivity index (χ0n) is 22.4. The van der Waals surface area contributed by atoms with E-state index in [-0.39, 0.29) is 25.4 Å². The maximum Gasteiger partial charge on any atom is 0.260 e. The third-order valence-electron chi connectivity index (χ3n) is 7.50. The van der Waals surface area contributed by atoms with Crippen LogP contribution >= 0.6 is 0 Å². The molecule has 0 spiro atoms. The second kappa shape index (κ2) is 15.9. The number of nitrogens with zero attached hydrogens (tertiary/aromatic N) is 4. The molecule has 38 heavy (non-hydrogen) atoms. The van der Waals surface area contributed by atoms with Gasteiger partial charge in [0, 0.05) is 6.42 Å². The Morgan fingerprint density at radius 1 is 1.13 bits per heavy atom. The number of hydrogen-bond acceptors (Lipinski definition) is 6. The van der Waals surface area contributed by atoms with Crippen molar-refractivity contribution >= 4 is 17.7 Å². The standard InChI is InChI=1S/C28H42N6O4/c1-2-3-16-27(36)34(31-26(35)19-33-21-29-20-30-33)18-25(28(37)32-38)15-9-14-23-12-7-8-13-24(23)17-22-10-5-4-6-11-22/h4-6,10-11,20-21,23-25,38H,2-3,7-9,12-19H2,1H3,(H,31,35)(H,32,37)/t23?,24-,25+/m1/s1. The lowest BCUT2D eigenvalue weighted by atomic mass is 9.74. The van der Waals surface area contributed by atoms with Crippen LogP contribution in [0.15, 0.2) is 43.0 Å². The fraction of sp³-hybridized carbons (Fsp3) is 0.607. The number of rotatable bonds is 14. The monoisotopic (exact) mass is 526 g/mol. The van der Waals surface area contributed by atoms with E-state index in [1.165, 1.54) is 53.6 Å². The molecule has 0 saturated heterocycles. The lowest BCUT2D eigenvalue weighted by Crippen LogP contribution is -2.51. The van der Waals surface area contributed by atoms with Crippen LogP contribution in [0.3, 0.4) is 0 Å². The van der Waals surface area contributed by atoms with Crippen LogP contribution < -0.4 is 10.9 Å². The van der Waals surface area contributed by atoms with Crippen LogP contribution in [0.1, 0.15) is 76.7 Å². The topological polar surface area (TPSA) is 129 Å². The number of nitrogens with one attached hydrogen (secondary N) is 2. The summed E-state index contributed by atoms with van der Waals surface area (Å²) >= 11 is 0. The minimum absolute atomic E-state index is 0.00382. The highest BCUT2D eigenvalue weighted by Crippen LogP contribution is 2.36. The number of hydrazine groups is 1. The number of unbranched alkanes of at least 4 members (excludes halogenated alkanes) is 1. The Bertz CT molecular complexity index is 984. The molecule has 3 amide bonds. The normalized spacial score (nSPS) is 17.9. The predicted molar refractivity (Wildman–Crippen MR) is 142 cm³/mol. The predicted octanol–water partition coefficient (Wildman–Crippen LogP) is 3.67. The van der Waals surface area contributed by atoms with Gasteiger partial charge in [0.1, 0.15) is 19.2 Å². The van der Waals surface area contributed by atoms with Crippen molar-refractivity contribution < 1.29 is 19.6 Å². The quantitative estimate of drug-likeness (QED) is 0.254. The third-order valence-corrected chi connectivity index (χ3v) is 7.50. The summed E-state index contributed by atoms with van der Waals surface area (Å²) in [6.07, 6.45) is 12.8. The zero-order valence-corrected chi connectivity index (χ0v) is 22.4. The fourth-order valence-corrected chi connectivity index (χ4v) is 5.41. The zero-order chi connectivity index (χ0) is 27.2. The number of hydrogen-bond donors (Lipinski definition) is 3. The molecule has 208 valence electrons. The van der Waals surface area contributed by atoms with Gasteiger partial charge in [-0.15, -0.1) is 0 Å². The number of aromatic nitrogens is 3. The van der Waals surface area contributed by atoms with Crippen molar-refractivity contribution in [2.24, 2.45) is 17.8 Å². The van der Waals surface area contributed by atoms with E-state index in [2.05, 4.69) is 39.8 Å². The van der Waals surface area contributed by atoms with Gasteiger partial charge in [-0.3, -0.25) is 30.0 Å². The number of carbonyl (C=O) groups excluding carboxylic acids is 3. The summed E-state index contributed by atoms with van der Waals surface area (Å²) in [6.45, 7) is 1.88. The van der Waals surface area contributed by atoms with Crippen molar-refractivity contribution in [3.05, 3.63) is 48.5 Å². The van der Waals surface area contributed by atoms with Gasteiger partial charge in [0.25, 0.3) is 5.91 Å². The van der Waals surface area contributed by atoms with Crippen LogP contribution in [0.5, 0.6) is 0 Å². The molecule has 1 aliphatic carbocycles. The first kappa shape index (κ1) is 29.3. The van der Waals surface area contributed by atoms with Gasteiger partial charge in [0.05, 0.1) is 12.5 Å². The van der Waals surface area contributed by atoms with E-state index in [0.717, 1.165) is 25.7 Å². The summed E-state index contributed by atoms with van der Waals surface area (Å²) in [5, 5.41) is 14.5. The second-order valence-corrected chi connectivity index (χ2v) is 10.3. The van der Waals surface area contributed by atoms with Gasteiger partial charge >= 0.3 is 0 Å². The molecule has 1 aromatic carbocycles. The molecule has 0 bridgehead atoms. The van der Waals surface area contributed by atoms with Gasteiger partial charge in [0.15, 0.2) is 0 Å². The van der Waals surface area contributed by atoms with Crippen LogP contribution in [-0.4, -0.2) is 49.2 Å². The first-order valence-electron chi connectivity index (χ1n) is 13.9. The van der Waals surface area contributed by atoms with Crippen LogP contribution in [0.25, 0.3) is 0 Å². The molecule has 1 aromatic heterocycles. The van der Waals surface area contributed by atoms with E-state index in [1.807, 2.05) is 13.0 Å². The summed E-state index contributed by atoms with van der Waals surface area (Å²) in [7, 11) is 0. The van der Waals surface area contributed by atoms with Crippen molar-refractivity contribution in [1.29, 1.82) is 0 Å². The van der Waals surface area contributed by atoms with E-state index in [9.17, 15) is 19.6 Å². The van der Waals surface area contributed by atoms with Gasteiger partial charge in [0.2, 0.25) is 11.8 Å². The Kier molecular flexibility index (Phi) is 12.2. The molecule has 1 heterocycles. The Labute approximate surface area is 225 Å². The smallest absolute Gasteiger partial charge is 0.260 e. The number of carbonyl (C=O) groups is 3. The first-order chi connectivity index (χ1) is 18.5. The van der Waals surface area contributed by atoms with Crippen LogP contribution in [0.2, 0.25) is 0 Å². The summed E-state index contributed by atoms with van der Waals surface area (Å²) in [4.78, 5) is 41.9. The van der Waals surface area contributed by atoms with Crippen LogP contribution in [0, 0.1) is 17.8 Å². The van der Waals surface area contributed by atoms with E-state index in [4.69, 9.17) is 0 Å². The van der Waals surface area contributed by atoms with Crippen molar-refractivity contribution in [3.63, 3.8) is 0 Å². The molecule has 3 N–H and O–H groups in total. The Hall–Kier alpha value is -3.27. The van der Waals surface area contributed by atoms with Gasteiger partial charge in [-0.05, 0) is 43.1 Å². The number of amides is 3. The van der Waals surface area contributed by atoms with Crippen molar-refractivity contribution in [2.45, 2.75) is 84.1 Å². The Morgan fingerprint density at radius 3 is 2.58 bits per heavy atom. The molecule has 1 aliphatic rings. The van der Waals surface area contributed by atoms with Gasteiger partial charge in [-0.2, -0.15) is 5.10 Å². The average Bonchev–Trinajstić information content (AvgIpc) is 3.44. The Morgan fingerprint density at radius 2 is 1.89 bits per heavy atom. The summed E-state index contributed by atoms with van der Waals surface area (Å²) < 4.78 is 1.36. The maximum atomic E-state index is 12.9. The van der Waals surface area contributed by atoms with E-state index in [1.54, 1.807) is 5.48 Å². The maximum absolute atomic E-state index is 12.9. The molecule has 0 aliphatic heterocycles. The summed E-state index contributed by atoms with van der Waals surface area (Å²) in [5.74, 6) is -0.674. The molecule has 1 saturated carbocycles. The second-order valence-electron chi connectivity index (χ2n) is 10.3. The van der Waals surface area contributed by atoms with E-state index in [0.29, 0.717) is 24.7 Å². The average molecular weight is 527 g/mol. The largest absolute Gasteiger partial charge is 0.289 e. The van der Waals surface area contributed by atoms with Gasteiger partial charge in [-0.25, -0.2) is 15.1 Å². The molecular formula is C28H42N6O4. The molecule has 10 nitrogen and oxygen atoms in total. The lowest BCUT2D eigenvalue weighted by molar-refractivity contribution is -0.145. The van der Waals surface area contributed by atoms with Crippen LogP contribution in [-0.2, 0) is 27.3 Å². The first-order valence-corrected chi connectivity index (χ1v) is 13.9. The minimum atomic E-state index is -0.645. The highest BCUT2D eigenvalue weighted by atomic mass is 16.5. The van der Waals surface area contributed by atoms with Crippen LogP contribution in [0.4, 0.5) is 0 Å². The van der Waals surface area contributed by atoms with Crippen molar-refractivity contribution in [1.82, 2.24) is 30.7 Å². The van der Waals surface area contributed by atoms with E-state index >= 15 is 0 Å². The summed E-state index contributed by atoms with van der Waals surface area (Å²) in [5.41, 5.74) is 5.77. The lowest BCUT2D eigenvalue weighted by Gasteiger charge is -2.32. The molecular weight excluding hydrogens is 484 g/mol. The fourth-order valence-electron chi connectivity index (χ4n) is 5.41. The summed E-state index contributed by atoms with van der Waals surface area (Å²) in [6, 6.07) is 10.6. The molecule has 2 aromatic rings. The number of hydroxylamine groups is 1.